The van der Waals surface area contributed by atoms with E-state index in [4.69, 9.17) is 32.9 Å². The fourth-order valence-corrected chi connectivity index (χ4v) is 6.43. The van der Waals surface area contributed by atoms with Crippen LogP contribution < -0.4 is 4.74 Å². The van der Waals surface area contributed by atoms with Crippen molar-refractivity contribution in [3.05, 3.63) is 93.7 Å². The second kappa shape index (κ2) is 13.0. The highest BCUT2D eigenvalue weighted by Crippen LogP contribution is 2.26. The molecule has 0 aliphatic carbocycles. The van der Waals surface area contributed by atoms with Gasteiger partial charge in [0.2, 0.25) is 5.91 Å². The minimum absolute atomic E-state index is 0.0644. The average molecular weight is 621 g/mol. The summed E-state index contributed by atoms with van der Waals surface area (Å²) in [5.74, 6) is 1.86. The molecule has 3 aromatic carbocycles. The first-order chi connectivity index (χ1) is 20.9. The number of piperidine rings is 1. The smallest absolute Gasteiger partial charge is 0.254 e. The Balaban J connectivity index is 1.09. The summed E-state index contributed by atoms with van der Waals surface area (Å²) in [5, 5.41) is 0.782. The molecule has 10 heteroatoms. The first-order valence-electron chi connectivity index (χ1n) is 14.7. The van der Waals surface area contributed by atoms with Gasteiger partial charge in [-0.1, -0.05) is 47.5 Å². The lowest BCUT2D eigenvalue weighted by molar-refractivity contribution is -0.139. The number of methoxy groups -OCH3 is 1. The Morgan fingerprint density at radius 1 is 0.884 bits per heavy atom. The number of hydrogen-bond acceptors (Lipinski definition) is 5. The Morgan fingerprint density at radius 2 is 1.63 bits per heavy atom. The summed E-state index contributed by atoms with van der Waals surface area (Å²) in [7, 11) is 1.67. The number of carbonyl (C=O) groups is 2. The zero-order valence-electron chi connectivity index (χ0n) is 24.2. The molecule has 6 rings (SSSR count). The number of ether oxygens (including phenoxy) is 1. The number of nitrogens with zero attached hydrogens (tertiary/aromatic N) is 5. The molecule has 2 saturated heterocycles. The molecule has 2 fully saturated rings. The molecule has 2 amide bonds. The van der Waals surface area contributed by atoms with Crippen LogP contribution in [0.15, 0.2) is 66.7 Å². The summed E-state index contributed by atoms with van der Waals surface area (Å²) >= 11 is 12.1. The molecule has 1 aromatic heterocycles. The van der Waals surface area contributed by atoms with E-state index in [2.05, 4.69) is 33.7 Å². The lowest BCUT2D eigenvalue weighted by atomic mass is 9.96. The third-order valence-corrected chi connectivity index (χ3v) is 9.24. The van der Waals surface area contributed by atoms with Gasteiger partial charge in [0, 0.05) is 44.8 Å². The highest BCUT2D eigenvalue weighted by Gasteiger charge is 2.32. The van der Waals surface area contributed by atoms with E-state index in [1.807, 2.05) is 29.2 Å². The van der Waals surface area contributed by atoms with Crippen molar-refractivity contribution in [1.82, 2.24) is 24.3 Å². The second-order valence-corrected chi connectivity index (χ2v) is 12.1. The third kappa shape index (κ3) is 6.51. The van der Waals surface area contributed by atoms with Gasteiger partial charge in [-0.05, 0) is 67.4 Å². The lowest BCUT2D eigenvalue weighted by Gasteiger charge is -2.39. The van der Waals surface area contributed by atoms with E-state index in [0.717, 1.165) is 42.0 Å². The molecule has 1 atom stereocenters. The number of piperazine rings is 1. The molecule has 2 aliphatic heterocycles. The lowest BCUT2D eigenvalue weighted by Crippen LogP contribution is -2.53. The summed E-state index contributed by atoms with van der Waals surface area (Å²) in [4.78, 5) is 37.7. The van der Waals surface area contributed by atoms with Crippen LogP contribution in [-0.4, -0.2) is 82.4 Å². The Morgan fingerprint density at radius 3 is 2.37 bits per heavy atom. The fourth-order valence-electron chi connectivity index (χ4n) is 6.14. The highest BCUT2D eigenvalue weighted by atomic mass is 35.5. The van der Waals surface area contributed by atoms with E-state index in [-0.39, 0.29) is 17.7 Å². The Kier molecular flexibility index (Phi) is 8.88. The number of para-hydroxylation sites is 2. The highest BCUT2D eigenvalue weighted by molar-refractivity contribution is 6.42. The number of amides is 2. The molecule has 0 N–H and O–H groups in total. The quantitative estimate of drug-likeness (QED) is 0.269. The van der Waals surface area contributed by atoms with Crippen LogP contribution in [0, 0.1) is 5.92 Å². The van der Waals surface area contributed by atoms with Crippen molar-refractivity contribution in [2.45, 2.75) is 25.9 Å². The molecule has 0 spiro atoms. The molecule has 0 radical (unpaired) electrons. The number of aromatic nitrogens is 2. The SMILES string of the molecule is COc1ccc(Cn2c(CN3CCC[C@@H](C(=O)N4CCN(C(=O)c5ccc(Cl)c(Cl)c5)CC4)C3)nc3ccccc32)cc1. The minimum Gasteiger partial charge on any atom is -0.497 e. The Bertz CT molecular complexity index is 1610. The number of fused-ring (bicyclic) bond motifs is 1. The van der Waals surface area contributed by atoms with Crippen molar-refractivity contribution < 1.29 is 14.3 Å². The molecule has 43 heavy (non-hydrogen) atoms. The van der Waals surface area contributed by atoms with Crippen LogP contribution in [0.1, 0.15) is 34.6 Å². The number of benzene rings is 3. The van der Waals surface area contributed by atoms with Gasteiger partial charge in [-0.25, -0.2) is 4.98 Å². The van der Waals surface area contributed by atoms with Gasteiger partial charge < -0.3 is 19.1 Å². The zero-order chi connectivity index (χ0) is 29.9. The first kappa shape index (κ1) is 29.5. The number of imidazole rings is 1. The first-order valence-corrected chi connectivity index (χ1v) is 15.5. The van der Waals surface area contributed by atoms with Crippen LogP contribution in [0.4, 0.5) is 0 Å². The van der Waals surface area contributed by atoms with Gasteiger partial charge in [-0.2, -0.15) is 0 Å². The minimum atomic E-state index is -0.0907. The van der Waals surface area contributed by atoms with Crippen molar-refractivity contribution in [3.63, 3.8) is 0 Å². The van der Waals surface area contributed by atoms with Gasteiger partial charge in [0.05, 0.1) is 40.7 Å². The van der Waals surface area contributed by atoms with Gasteiger partial charge in [-0.15, -0.1) is 0 Å². The molecule has 0 unspecified atom stereocenters. The van der Waals surface area contributed by atoms with E-state index in [0.29, 0.717) is 61.4 Å². The number of carbonyl (C=O) groups excluding carboxylic acids is 2. The summed E-state index contributed by atoms with van der Waals surface area (Å²) in [6, 6.07) is 21.3. The van der Waals surface area contributed by atoms with Crippen molar-refractivity contribution >= 4 is 46.0 Å². The molecule has 2 aliphatic rings. The largest absolute Gasteiger partial charge is 0.497 e. The van der Waals surface area contributed by atoms with Crippen LogP contribution in [0.25, 0.3) is 11.0 Å². The van der Waals surface area contributed by atoms with Crippen LogP contribution in [0.2, 0.25) is 10.0 Å². The summed E-state index contributed by atoms with van der Waals surface area (Å²) in [6.07, 6.45) is 1.84. The van der Waals surface area contributed by atoms with E-state index < -0.39 is 0 Å². The summed E-state index contributed by atoms with van der Waals surface area (Å²) in [5.41, 5.74) is 3.76. The van der Waals surface area contributed by atoms with E-state index in [1.165, 1.54) is 5.56 Å². The van der Waals surface area contributed by atoms with Crippen molar-refractivity contribution in [3.8, 4) is 5.75 Å². The Labute approximate surface area is 261 Å². The van der Waals surface area contributed by atoms with E-state index in [9.17, 15) is 9.59 Å². The van der Waals surface area contributed by atoms with Crippen LogP contribution >= 0.6 is 23.2 Å². The standard InChI is InChI=1S/C33H35Cl2N5O3/c1-43-26-11-8-23(9-12-26)20-40-30-7-3-2-6-29(30)36-31(40)22-37-14-4-5-25(21-37)33(42)39-17-15-38(16-18-39)32(41)24-10-13-27(34)28(35)19-24/h2-3,6-13,19,25H,4-5,14-18,20-22H2,1H3/t25-/m1/s1. The maximum Gasteiger partial charge on any atom is 0.254 e. The molecule has 224 valence electrons. The third-order valence-electron chi connectivity index (χ3n) is 8.50. The zero-order valence-corrected chi connectivity index (χ0v) is 25.7. The van der Waals surface area contributed by atoms with Gasteiger partial charge in [0.1, 0.15) is 11.6 Å². The van der Waals surface area contributed by atoms with Crippen molar-refractivity contribution in [2.75, 3.05) is 46.4 Å². The maximum atomic E-state index is 13.6. The molecule has 4 aromatic rings. The predicted octanol–water partition coefficient (Wildman–Crippen LogP) is 5.60. The van der Waals surface area contributed by atoms with Gasteiger partial charge in [0.25, 0.3) is 5.91 Å². The monoisotopic (exact) mass is 619 g/mol. The van der Waals surface area contributed by atoms with E-state index in [1.54, 1.807) is 30.2 Å². The Hall–Kier alpha value is -3.59. The number of halogens is 2. The summed E-state index contributed by atoms with van der Waals surface area (Å²) < 4.78 is 7.62. The van der Waals surface area contributed by atoms with Gasteiger partial charge in [-0.3, -0.25) is 14.5 Å². The van der Waals surface area contributed by atoms with Gasteiger partial charge in [0.15, 0.2) is 0 Å². The van der Waals surface area contributed by atoms with Crippen molar-refractivity contribution in [1.29, 1.82) is 0 Å². The van der Waals surface area contributed by atoms with E-state index >= 15 is 0 Å². The molecule has 0 saturated carbocycles. The number of hydrogen-bond donors (Lipinski definition) is 0. The normalized spacial score (nSPS) is 17.8. The molecular weight excluding hydrogens is 585 g/mol. The fraction of sp³-hybridized carbons (Fsp3) is 0.364. The molecular formula is C33H35Cl2N5O3. The average Bonchev–Trinajstić information content (AvgIpc) is 3.38. The number of rotatable bonds is 7. The van der Waals surface area contributed by atoms with Crippen LogP contribution in [0.5, 0.6) is 5.75 Å². The van der Waals surface area contributed by atoms with Gasteiger partial charge >= 0.3 is 0 Å². The van der Waals surface area contributed by atoms with Crippen LogP contribution in [0.3, 0.4) is 0 Å². The predicted molar refractivity (Wildman–Crippen MR) is 169 cm³/mol. The number of likely N-dealkylation sites (tertiary alicyclic amines) is 1. The molecule has 0 bridgehead atoms. The maximum absolute atomic E-state index is 13.6. The molecule has 3 heterocycles. The topological polar surface area (TPSA) is 70.9 Å². The summed E-state index contributed by atoms with van der Waals surface area (Å²) in [6.45, 7) is 5.07. The van der Waals surface area contributed by atoms with Crippen LogP contribution in [-0.2, 0) is 17.9 Å². The second-order valence-electron chi connectivity index (χ2n) is 11.3. The van der Waals surface area contributed by atoms with Crippen molar-refractivity contribution in [2.24, 2.45) is 5.92 Å². The molecule has 8 nitrogen and oxygen atoms in total.